The van der Waals surface area contributed by atoms with E-state index >= 15 is 0 Å². The lowest BCUT2D eigenvalue weighted by Crippen LogP contribution is -2.31. The van der Waals surface area contributed by atoms with Gasteiger partial charge in [0.15, 0.2) is 0 Å². The Kier molecular flexibility index (Phi) is 6.17. The van der Waals surface area contributed by atoms with Gasteiger partial charge >= 0.3 is 0 Å². The van der Waals surface area contributed by atoms with Gasteiger partial charge in [0.05, 0.1) is 4.90 Å². The summed E-state index contributed by atoms with van der Waals surface area (Å²) >= 11 is 0. The first-order valence-corrected chi connectivity index (χ1v) is 8.40. The number of aryl methyl sites for hydroxylation is 1. The van der Waals surface area contributed by atoms with E-state index < -0.39 is 10.0 Å². The van der Waals surface area contributed by atoms with Crippen LogP contribution >= 0.6 is 0 Å². The van der Waals surface area contributed by atoms with Gasteiger partial charge in [0.1, 0.15) is 0 Å². The molecule has 0 spiro atoms. The van der Waals surface area contributed by atoms with Crippen molar-refractivity contribution in [1.82, 2.24) is 10.0 Å². The van der Waals surface area contributed by atoms with Crippen LogP contribution in [-0.4, -0.2) is 27.4 Å². The molecule has 0 saturated heterocycles. The molecule has 0 radical (unpaired) electrons. The van der Waals surface area contributed by atoms with Crippen LogP contribution in [0.5, 0.6) is 0 Å². The molecule has 0 saturated carbocycles. The number of hydrogen-bond donors (Lipinski definition) is 3. The van der Waals surface area contributed by atoms with E-state index in [1.165, 1.54) is 0 Å². The molecule has 0 fully saturated rings. The number of nitrogens with one attached hydrogen (secondary N) is 2. The summed E-state index contributed by atoms with van der Waals surface area (Å²) in [6.45, 7) is 6.00. The van der Waals surface area contributed by atoms with Crippen molar-refractivity contribution in [3.8, 4) is 0 Å². The Bertz CT molecular complexity index is 612. The number of carbonyl (C=O) groups is 1. The highest BCUT2D eigenvalue weighted by molar-refractivity contribution is 7.89. The Labute approximate surface area is 126 Å². The Morgan fingerprint density at radius 3 is 2.52 bits per heavy atom. The Balaban J connectivity index is 2.75. The Morgan fingerprint density at radius 1 is 1.24 bits per heavy atom. The molecule has 0 heterocycles. The molecule has 1 aromatic carbocycles. The first-order chi connectivity index (χ1) is 9.79. The number of rotatable bonds is 7. The lowest BCUT2D eigenvalue weighted by Gasteiger charge is -2.13. The maximum absolute atomic E-state index is 12.3. The van der Waals surface area contributed by atoms with Crippen LogP contribution in [0.25, 0.3) is 0 Å². The minimum absolute atomic E-state index is 0.0611. The normalized spacial score (nSPS) is 11.4. The number of sulfonamides is 1. The van der Waals surface area contributed by atoms with Crippen molar-refractivity contribution < 1.29 is 13.2 Å². The highest BCUT2D eigenvalue weighted by Gasteiger charge is 2.20. The summed E-state index contributed by atoms with van der Waals surface area (Å²) < 4.78 is 27.1. The third-order valence-electron chi connectivity index (χ3n) is 3.13. The van der Waals surface area contributed by atoms with Gasteiger partial charge in [-0.1, -0.05) is 13.0 Å². The molecular formula is C14H23N3O3S. The molecule has 1 amide bonds. The number of nitrogens with two attached hydrogens (primary N) is 1. The summed E-state index contributed by atoms with van der Waals surface area (Å²) in [5.74, 6) is -0.166. The SMILES string of the molecule is CCCNC(=O)CCNS(=O)(=O)c1c(C)ccc(N)c1C. The first-order valence-electron chi connectivity index (χ1n) is 6.91. The fourth-order valence-corrected chi connectivity index (χ4v) is 3.51. The van der Waals surface area contributed by atoms with Gasteiger partial charge in [0.2, 0.25) is 15.9 Å². The molecule has 0 aliphatic rings. The molecule has 6 nitrogen and oxygen atoms in total. The molecule has 1 rings (SSSR count). The molecule has 0 unspecified atom stereocenters. The van der Waals surface area contributed by atoms with E-state index in [0.717, 1.165) is 6.42 Å². The summed E-state index contributed by atoms with van der Waals surface area (Å²) in [5, 5.41) is 2.70. The minimum atomic E-state index is -3.67. The van der Waals surface area contributed by atoms with Gasteiger partial charge in [-0.3, -0.25) is 4.79 Å². The summed E-state index contributed by atoms with van der Waals surface area (Å²) in [6, 6.07) is 3.35. The Morgan fingerprint density at radius 2 is 1.90 bits per heavy atom. The smallest absolute Gasteiger partial charge is 0.241 e. The molecule has 0 aliphatic carbocycles. The van der Waals surface area contributed by atoms with Crippen molar-refractivity contribution in [2.45, 2.75) is 38.5 Å². The van der Waals surface area contributed by atoms with E-state index in [1.54, 1.807) is 26.0 Å². The average Bonchev–Trinajstić information content (AvgIpc) is 2.40. The number of benzene rings is 1. The zero-order chi connectivity index (χ0) is 16.0. The Hall–Kier alpha value is -1.60. The quantitative estimate of drug-likeness (QED) is 0.656. The van der Waals surface area contributed by atoms with Crippen LogP contribution in [-0.2, 0) is 14.8 Å². The summed E-state index contributed by atoms with van der Waals surface area (Å²) in [7, 11) is -3.67. The number of nitrogen functional groups attached to an aromatic ring is 1. The van der Waals surface area contributed by atoms with E-state index in [4.69, 9.17) is 5.73 Å². The largest absolute Gasteiger partial charge is 0.398 e. The second-order valence-electron chi connectivity index (χ2n) is 4.92. The molecule has 0 atom stereocenters. The average molecular weight is 313 g/mol. The topological polar surface area (TPSA) is 101 Å². The van der Waals surface area contributed by atoms with Crippen LogP contribution in [0.4, 0.5) is 5.69 Å². The predicted molar refractivity (Wildman–Crippen MR) is 83.4 cm³/mol. The van der Waals surface area contributed by atoms with Crippen molar-refractivity contribution in [3.63, 3.8) is 0 Å². The van der Waals surface area contributed by atoms with E-state index in [9.17, 15) is 13.2 Å². The molecule has 21 heavy (non-hydrogen) atoms. The lowest BCUT2D eigenvalue weighted by molar-refractivity contribution is -0.120. The van der Waals surface area contributed by atoms with Crippen molar-refractivity contribution >= 4 is 21.6 Å². The van der Waals surface area contributed by atoms with E-state index in [0.29, 0.717) is 23.4 Å². The van der Waals surface area contributed by atoms with Crippen LogP contribution in [0.15, 0.2) is 17.0 Å². The molecule has 0 bridgehead atoms. The monoisotopic (exact) mass is 313 g/mol. The van der Waals surface area contributed by atoms with Crippen LogP contribution in [0.1, 0.15) is 30.9 Å². The van der Waals surface area contributed by atoms with Gasteiger partial charge in [0, 0.05) is 25.2 Å². The first kappa shape index (κ1) is 17.5. The predicted octanol–water partition coefficient (Wildman–Crippen LogP) is 1.08. The van der Waals surface area contributed by atoms with Crippen LogP contribution in [0.3, 0.4) is 0 Å². The van der Waals surface area contributed by atoms with Crippen LogP contribution < -0.4 is 15.8 Å². The molecule has 7 heteroatoms. The summed E-state index contributed by atoms with van der Waals surface area (Å²) in [5.41, 5.74) is 7.35. The van der Waals surface area contributed by atoms with Gasteiger partial charge in [0.25, 0.3) is 0 Å². The van der Waals surface area contributed by atoms with Gasteiger partial charge in [-0.25, -0.2) is 13.1 Å². The number of carbonyl (C=O) groups excluding carboxylic acids is 1. The third kappa shape index (κ3) is 4.71. The van der Waals surface area contributed by atoms with Crippen molar-refractivity contribution in [2.24, 2.45) is 0 Å². The fourth-order valence-electron chi connectivity index (χ4n) is 1.98. The van der Waals surface area contributed by atoms with Crippen LogP contribution in [0.2, 0.25) is 0 Å². The maximum atomic E-state index is 12.3. The lowest BCUT2D eigenvalue weighted by atomic mass is 10.1. The number of hydrogen-bond acceptors (Lipinski definition) is 4. The summed E-state index contributed by atoms with van der Waals surface area (Å²) in [4.78, 5) is 11.6. The molecule has 0 aliphatic heterocycles. The molecule has 118 valence electrons. The highest BCUT2D eigenvalue weighted by Crippen LogP contribution is 2.24. The van der Waals surface area contributed by atoms with Crippen molar-refractivity contribution in [3.05, 3.63) is 23.3 Å². The van der Waals surface area contributed by atoms with Gasteiger partial charge in [-0.2, -0.15) is 0 Å². The van der Waals surface area contributed by atoms with Gasteiger partial charge in [-0.05, 0) is 37.5 Å². The second-order valence-corrected chi connectivity index (χ2v) is 6.63. The van der Waals surface area contributed by atoms with Gasteiger partial charge < -0.3 is 11.1 Å². The highest BCUT2D eigenvalue weighted by atomic mass is 32.2. The molecule has 0 aromatic heterocycles. The standard InChI is InChI=1S/C14H23N3O3S/c1-4-8-16-13(18)7-9-17-21(19,20)14-10(2)5-6-12(15)11(14)3/h5-6,17H,4,7-9,15H2,1-3H3,(H,16,18). The second kappa shape index (κ2) is 7.42. The van der Waals surface area contributed by atoms with Crippen LogP contribution in [0, 0.1) is 13.8 Å². The molecular weight excluding hydrogens is 290 g/mol. The minimum Gasteiger partial charge on any atom is -0.398 e. The zero-order valence-electron chi connectivity index (χ0n) is 12.7. The number of anilines is 1. The third-order valence-corrected chi connectivity index (χ3v) is 4.88. The summed E-state index contributed by atoms with van der Waals surface area (Å²) in [6.07, 6.45) is 0.957. The van der Waals surface area contributed by atoms with Crippen molar-refractivity contribution in [2.75, 3.05) is 18.8 Å². The fraction of sp³-hybridized carbons (Fsp3) is 0.500. The number of amides is 1. The van der Waals surface area contributed by atoms with Crippen molar-refractivity contribution in [1.29, 1.82) is 0 Å². The van der Waals surface area contributed by atoms with E-state index in [-0.39, 0.29) is 23.8 Å². The zero-order valence-corrected chi connectivity index (χ0v) is 13.5. The van der Waals surface area contributed by atoms with Gasteiger partial charge in [-0.15, -0.1) is 0 Å². The van der Waals surface area contributed by atoms with E-state index in [2.05, 4.69) is 10.0 Å². The molecule has 4 N–H and O–H groups in total. The maximum Gasteiger partial charge on any atom is 0.241 e. The van der Waals surface area contributed by atoms with E-state index in [1.807, 2.05) is 6.92 Å². The molecule has 1 aromatic rings.